The molecular weight excluding hydrogens is 436 g/mol. The Morgan fingerprint density at radius 2 is 1.78 bits per heavy atom. The number of methoxy groups -OCH3 is 2. The highest BCUT2D eigenvalue weighted by atomic mass is 32.2. The number of nitrogens with zero attached hydrogens (tertiary/aromatic N) is 1. The molecule has 1 fully saturated rings. The highest BCUT2D eigenvalue weighted by Crippen LogP contribution is 2.55. The number of fused-ring (bicyclic) bond motifs is 5. The van der Waals surface area contributed by atoms with E-state index >= 15 is 0 Å². The van der Waals surface area contributed by atoms with Crippen LogP contribution in [0.2, 0.25) is 0 Å². The van der Waals surface area contributed by atoms with E-state index in [0.717, 1.165) is 16.7 Å². The first-order valence-corrected chi connectivity index (χ1v) is 10.5. The minimum atomic E-state index is -0.862. The Morgan fingerprint density at radius 3 is 2.50 bits per heavy atom. The molecule has 10 heteroatoms. The van der Waals surface area contributed by atoms with Crippen LogP contribution in [0.5, 0.6) is 23.0 Å². The first-order chi connectivity index (χ1) is 15.3. The number of phenolic OH excluding ortho intramolecular Hbond substituents is 1. The molecule has 0 unspecified atom stereocenters. The molecule has 2 aromatic carbocycles. The molecule has 0 radical (unpaired) electrons. The summed E-state index contributed by atoms with van der Waals surface area (Å²) in [5.74, 6) is -2.32. The molecule has 3 heterocycles. The average Bonchev–Trinajstić information content (AvgIpc) is 3.02. The lowest BCUT2D eigenvalue weighted by molar-refractivity contribution is -0.131. The van der Waals surface area contributed by atoms with Crippen LogP contribution in [0.15, 0.2) is 47.0 Å². The van der Waals surface area contributed by atoms with Crippen molar-refractivity contribution in [3.63, 3.8) is 0 Å². The van der Waals surface area contributed by atoms with E-state index < -0.39 is 34.9 Å². The summed E-state index contributed by atoms with van der Waals surface area (Å²) in [5, 5.41) is 9.14. The van der Waals surface area contributed by atoms with Gasteiger partial charge in [0.05, 0.1) is 36.4 Å². The van der Waals surface area contributed by atoms with E-state index in [0.29, 0.717) is 22.7 Å². The van der Waals surface area contributed by atoms with Gasteiger partial charge in [0.25, 0.3) is 0 Å². The number of thioether (sulfide) groups is 1. The van der Waals surface area contributed by atoms with Crippen molar-refractivity contribution in [3.8, 4) is 23.0 Å². The first kappa shape index (κ1) is 20.3. The highest BCUT2D eigenvalue weighted by molar-refractivity contribution is 8.04. The Labute approximate surface area is 186 Å². The van der Waals surface area contributed by atoms with Crippen molar-refractivity contribution < 1.29 is 33.7 Å². The van der Waals surface area contributed by atoms with Gasteiger partial charge in [0.1, 0.15) is 16.7 Å². The molecule has 3 atom stereocenters. The molecule has 0 bridgehead atoms. The number of rotatable bonds is 3. The fourth-order valence-electron chi connectivity index (χ4n) is 4.46. The summed E-state index contributed by atoms with van der Waals surface area (Å²) in [6.07, 6.45) is 0. The Morgan fingerprint density at radius 1 is 1.03 bits per heavy atom. The molecule has 0 aromatic heterocycles. The van der Waals surface area contributed by atoms with E-state index in [-0.39, 0.29) is 22.1 Å². The van der Waals surface area contributed by atoms with Gasteiger partial charge in [-0.2, -0.15) is 0 Å². The Balaban J connectivity index is 1.62. The van der Waals surface area contributed by atoms with Crippen molar-refractivity contribution >= 4 is 35.2 Å². The summed E-state index contributed by atoms with van der Waals surface area (Å²) in [6, 6.07) is 9.09. The summed E-state index contributed by atoms with van der Waals surface area (Å²) < 4.78 is 15.9. The number of nitrogens with two attached hydrogens (primary N) is 1. The third kappa shape index (κ3) is 2.76. The van der Waals surface area contributed by atoms with Gasteiger partial charge in [0.2, 0.25) is 11.8 Å². The predicted molar refractivity (Wildman–Crippen MR) is 115 cm³/mol. The number of carbonyl (C=O) groups is 3. The molecule has 164 valence electrons. The van der Waals surface area contributed by atoms with Gasteiger partial charge in [-0.3, -0.25) is 9.59 Å². The maximum absolute atomic E-state index is 13.6. The number of hydrogen-bond donors (Lipinski definition) is 2. The fraction of sp³-hybridized carbons (Fsp3) is 0.227. The molecule has 3 aliphatic heterocycles. The number of ether oxygens (including phenoxy) is 3. The number of anilines is 1. The van der Waals surface area contributed by atoms with E-state index in [1.165, 1.54) is 26.4 Å². The third-order valence-corrected chi connectivity index (χ3v) is 7.09. The van der Waals surface area contributed by atoms with Gasteiger partial charge in [-0.05, 0) is 18.2 Å². The van der Waals surface area contributed by atoms with Crippen LogP contribution in [0.1, 0.15) is 11.5 Å². The second-order valence-electron chi connectivity index (χ2n) is 7.48. The van der Waals surface area contributed by atoms with Gasteiger partial charge in [-0.1, -0.05) is 17.8 Å². The van der Waals surface area contributed by atoms with Crippen molar-refractivity contribution in [1.82, 2.24) is 0 Å². The largest absolute Gasteiger partial charge is 0.508 e. The second-order valence-corrected chi connectivity index (χ2v) is 8.67. The summed E-state index contributed by atoms with van der Waals surface area (Å²) in [4.78, 5) is 40.8. The van der Waals surface area contributed by atoms with E-state index in [4.69, 9.17) is 19.9 Å². The first-order valence-electron chi connectivity index (χ1n) is 9.67. The predicted octanol–water partition coefficient (Wildman–Crippen LogP) is 1.89. The van der Waals surface area contributed by atoms with Crippen molar-refractivity contribution in [2.75, 3.05) is 19.1 Å². The maximum Gasteiger partial charge on any atom is 0.342 e. The minimum Gasteiger partial charge on any atom is -0.508 e. The lowest BCUT2D eigenvalue weighted by Gasteiger charge is -2.36. The van der Waals surface area contributed by atoms with Crippen LogP contribution < -0.4 is 24.8 Å². The van der Waals surface area contributed by atoms with Gasteiger partial charge in [0, 0.05) is 23.6 Å². The van der Waals surface area contributed by atoms with Crippen LogP contribution in [-0.2, 0) is 14.4 Å². The molecule has 32 heavy (non-hydrogen) atoms. The standard InChI is InChI=1S/C22H18N2O7S/c1-29-12-6-3-9(7-14(12)30-2)24-20(26)16-15-11-5-4-10(25)8-13(11)31-22(28)17(15)19(23)32-18(16)21(24)27/h3-8,15-16,18,25H,23H2,1-2H3/t15-,16+,18+/m1/s1. The van der Waals surface area contributed by atoms with Crippen LogP contribution in [0.4, 0.5) is 5.69 Å². The molecule has 2 aromatic rings. The number of carbonyl (C=O) groups excluding carboxylic acids is 3. The van der Waals surface area contributed by atoms with Gasteiger partial charge in [0.15, 0.2) is 11.5 Å². The summed E-state index contributed by atoms with van der Waals surface area (Å²) >= 11 is 0.991. The summed E-state index contributed by atoms with van der Waals surface area (Å²) in [7, 11) is 2.95. The van der Waals surface area contributed by atoms with Crippen LogP contribution in [0, 0.1) is 5.92 Å². The number of hydrogen-bond acceptors (Lipinski definition) is 9. The maximum atomic E-state index is 13.6. The van der Waals surface area contributed by atoms with Crippen LogP contribution in [0.25, 0.3) is 0 Å². The molecule has 0 saturated carbocycles. The van der Waals surface area contributed by atoms with Crippen molar-refractivity contribution in [1.29, 1.82) is 0 Å². The highest BCUT2D eigenvalue weighted by Gasteiger charge is 2.58. The third-order valence-electron chi connectivity index (χ3n) is 5.87. The van der Waals surface area contributed by atoms with Gasteiger partial charge in [-0.15, -0.1) is 0 Å². The molecule has 0 spiro atoms. The molecule has 2 amide bonds. The fourth-order valence-corrected chi connectivity index (χ4v) is 5.70. The molecule has 3 aliphatic rings. The number of phenols is 1. The zero-order valence-corrected chi connectivity index (χ0v) is 17.8. The Hall–Kier alpha value is -3.66. The monoisotopic (exact) mass is 454 g/mol. The zero-order valence-electron chi connectivity index (χ0n) is 17.0. The molecule has 0 aliphatic carbocycles. The SMILES string of the molecule is COc1ccc(N2C(=O)[C@@H]3[C@H](SC(N)=C4C(=O)Oc5cc(O)ccc5[C@@H]43)C2=O)cc1OC. The number of aromatic hydroxyl groups is 1. The van der Waals surface area contributed by atoms with Crippen LogP contribution in [0.3, 0.4) is 0 Å². The van der Waals surface area contributed by atoms with E-state index in [1.807, 2.05) is 0 Å². The number of imide groups is 1. The Bertz CT molecular complexity index is 1220. The lowest BCUT2D eigenvalue weighted by Crippen LogP contribution is -2.39. The molecule has 9 nitrogen and oxygen atoms in total. The zero-order chi connectivity index (χ0) is 22.7. The van der Waals surface area contributed by atoms with Crippen molar-refractivity contribution in [2.24, 2.45) is 11.7 Å². The summed E-state index contributed by atoms with van der Waals surface area (Å²) in [5.41, 5.74) is 7.18. The van der Waals surface area contributed by atoms with E-state index in [9.17, 15) is 19.5 Å². The smallest absolute Gasteiger partial charge is 0.342 e. The molecule has 1 saturated heterocycles. The van der Waals surface area contributed by atoms with Gasteiger partial charge < -0.3 is 25.1 Å². The quantitative estimate of drug-likeness (QED) is 0.406. The van der Waals surface area contributed by atoms with Crippen LogP contribution >= 0.6 is 11.8 Å². The molecular formula is C22H18N2O7S. The topological polar surface area (TPSA) is 128 Å². The second kappa shape index (κ2) is 7.20. The van der Waals surface area contributed by atoms with E-state index in [1.54, 1.807) is 24.3 Å². The number of esters is 1. The summed E-state index contributed by atoms with van der Waals surface area (Å²) in [6.45, 7) is 0. The van der Waals surface area contributed by atoms with Crippen molar-refractivity contribution in [2.45, 2.75) is 11.2 Å². The molecule has 3 N–H and O–H groups in total. The minimum absolute atomic E-state index is 0.0838. The number of benzene rings is 2. The molecule has 5 rings (SSSR count). The van der Waals surface area contributed by atoms with Gasteiger partial charge >= 0.3 is 5.97 Å². The van der Waals surface area contributed by atoms with Crippen molar-refractivity contribution in [3.05, 3.63) is 52.6 Å². The average molecular weight is 454 g/mol. The van der Waals surface area contributed by atoms with Crippen LogP contribution in [-0.4, -0.2) is 42.4 Å². The van der Waals surface area contributed by atoms with Gasteiger partial charge in [-0.25, -0.2) is 9.69 Å². The lowest BCUT2D eigenvalue weighted by atomic mass is 9.77. The number of amides is 2. The normalized spacial score (nSPS) is 24.0. The van der Waals surface area contributed by atoms with E-state index in [2.05, 4.69) is 0 Å². The Kier molecular flexibility index (Phi) is 4.55.